The Morgan fingerprint density at radius 3 is 0.941 bits per heavy atom. The van der Waals surface area contributed by atoms with Crippen LogP contribution < -0.4 is 0 Å². The number of benzene rings is 7. The van der Waals surface area contributed by atoms with E-state index in [9.17, 15) is 0 Å². The number of hydrogen-bond donors (Lipinski definition) is 0. The van der Waals surface area contributed by atoms with Gasteiger partial charge in [-0.05, 0) is 92.0 Å². The van der Waals surface area contributed by atoms with Crippen molar-refractivity contribution in [1.29, 1.82) is 0 Å². The average Bonchev–Trinajstić information content (AvgIpc) is 3.43. The van der Waals surface area contributed by atoms with E-state index in [0.717, 1.165) is 78.4 Å². The summed E-state index contributed by atoms with van der Waals surface area (Å²) >= 11 is 0. The molecule has 0 fully saturated rings. The molecule has 68 heavy (non-hydrogen) atoms. The van der Waals surface area contributed by atoms with Gasteiger partial charge in [-0.15, -0.1) is 0 Å². The number of pyridine rings is 2. The molecule has 2 unspecified atom stereocenters. The highest BCUT2D eigenvalue weighted by Gasteiger charge is 2.41. The molecule has 11 aromatic rings. The van der Waals surface area contributed by atoms with Crippen molar-refractivity contribution in [2.75, 3.05) is 0 Å². The highest BCUT2D eigenvalue weighted by atomic mass is 14.9. The second-order valence-electron chi connectivity index (χ2n) is 17.5. The van der Waals surface area contributed by atoms with E-state index in [1.165, 1.54) is 33.4 Å². The summed E-state index contributed by atoms with van der Waals surface area (Å²) in [7, 11) is 0. The molecule has 7 aromatic carbocycles. The third-order valence-corrected chi connectivity index (χ3v) is 13.5. The van der Waals surface area contributed by atoms with Crippen LogP contribution in [0, 0.1) is 0 Å². The summed E-state index contributed by atoms with van der Waals surface area (Å²) in [5, 5.41) is 0. The molecule has 6 heteroatoms. The van der Waals surface area contributed by atoms with E-state index in [2.05, 4.69) is 192 Å². The van der Waals surface area contributed by atoms with Crippen molar-refractivity contribution in [3.05, 3.63) is 264 Å². The predicted molar refractivity (Wildman–Crippen MR) is 271 cm³/mol. The van der Waals surface area contributed by atoms with Crippen molar-refractivity contribution in [3.63, 3.8) is 0 Å². The van der Waals surface area contributed by atoms with Crippen LogP contribution in [0.25, 0.3) is 90.1 Å². The fourth-order valence-corrected chi connectivity index (χ4v) is 10.2. The van der Waals surface area contributed by atoms with Gasteiger partial charge < -0.3 is 0 Å². The van der Waals surface area contributed by atoms with E-state index < -0.39 is 0 Å². The molecule has 0 aliphatic heterocycles. The molecule has 2 bridgehead atoms. The fourth-order valence-electron chi connectivity index (χ4n) is 10.2. The predicted octanol–water partition coefficient (Wildman–Crippen LogP) is 14.4. The summed E-state index contributed by atoms with van der Waals surface area (Å²) < 4.78 is 0. The smallest absolute Gasteiger partial charge is 0.160 e. The molecule has 318 valence electrons. The molecule has 2 atom stereocenters. The van der Waals surface area contributed by atoms with Crippen LogP contribution >= 0.6 is 0 Å². The maximum Gasteiger partial charge on any atom is 0.160 e. The van der Waals surface area contributed by atoms with Gasteiger partial charge in [0.2, 0.25) is 0 Å². The quantitative estimate of drug-likeness (QED) is 0.151. The second-order valence-corrected chi connectivity index (χ2v) is 17.5. The zero-order valence-corrected chi connectivity index (χ0v) is 36.8. The van der Waals surface area contributed by atoms with Crippen molar-refractivity contribution in [2.24, 2.45) is 0 Å². The van der Waals surface area contributed by atoms with Crippen LogP contribution in [0.15, 0.2) is 231 Å². The first-order valence-electron chi connectivity index (χ1n) is 23.0. The van der Waals surface area contributed by atoms with Crippen molar-refractivity contribution in [1.82, 2.24) is 29.9 Å². The minimum Gasteiger partial charge on any atom is -0.264 e. The lowest BCUT2D eigenvalue weighted by molar-refractivity contribution is 0.754. The van der Waals surface area contributed by atoms with Gasteiger partial charge in [-0.3, -0.25) is 9.97 Å². The van der Waals surface area contributed by atoms with Crippen molar-refractivity contribution < 1.29 is 0 Å². The minimum atomic E-state index is 0.0393. The molecule has 0 N–H and O–H groups in total. The Hall–Kier alpha value is -9.00. The Kier molecular flexibility index (Phi) is 9.53. The van der Waals surface area contributed by atoms with Gasteiger partial charge in [0.1, 0.15) is 0 Å². The van der Waals surface area contributed by atoms with Crippen LogP contribution in [-0.4, -0.2) is 29.9 Å². The Labute approximate surface area is 394 Å². The molecule has 3 aliphatic rings. The topological polar surface area (TPSA) is 77.3 Å². The zero-order valence-electron chi connectivity index (χ0n) is 36.8. The van der Waals surface area contributed by atoms with Crippen LogP contribution in [0.3, 0.4) is 0 Å². The zero-order chi connectivity index (χ0) is 45.0. The number of rotatable bonds is 8. The summed E-state index contributed by atoms with van der Waals surface area (Å²) in [6, 6.07) is 72.9. The third-order valence-electron chi connectivity index (χ3n) is 13.5. The number of hydrogen-bond acceptors (Lipinski definition) is 6. The Bertz CT molecular complexity index is 3410. The molecular formula is C62H40N6. The fraction of sp³-hybridized carbons (Fsp3) is 0.0323. The van der Waals surface area contributed by atoms with Gasteiger partial charge in [0, 0.05) is 70.0 Å². The van der Waals surface area contributed by atoms with Gasteiger partial charge in [0.25, 0.3) is 0 Å². The molecule has 0 saturated carbocycles. The van der Waals surface area contributed by atoms with E-state index in [-0.39, 0.29) is 11.8 Å². The Balaban J connectivity index is 0.902. The van der Waals surface area contributed by atoms with Crippen LogP contribution in [0.5, 0.6) is 0 Å². The lowest BCUT2D eigenvalue weighted by Crippen LogP contribution is -2.27. The molecule has 4 heterocycles. The highest BCUT2D eigenvalue weighted by Crippen LogP contribution is 2.56. The summed E-state index contributed by atoms with van der Waals surface area (Å²) in [4.78, 5) is 29.7. The van der Waals surface area contributed by atoms with Gasteiger partial charge in [-0.1, -0.05) is 170 Å². The van der Waals surface area contributed by atoms with Crippen LogP contribution in [0.4, 0.5) is 0 Å². The van der Waals surface area contributed by atoms with Crippen molar-refractivity contribution in [3.8, 4) is 90.1 Å². The largest absolute Gasteiger partial charge is 0.264 e. The maximum atomic E-state index is 5.28. The van der Waals surface area contributed by atoms with Gasteiger partial charge in [0.05, 0.1) is 22.8 Å². The average molecular weight is 869 g/mol. The van der Waals surface area contributed by atoms with Crippen LogP contribution in [0.2, 0.25) is 0 Å². The standard InChI is InChI=1S/C62H40N6/c1-3-11-41(12-4-1)55-35-57(43-23-19-39(20-24-43)47-15-9-31-63-37-47)67-61(65-55)45-27-29-51-53(33-45)59-49-17-7-8-18-50(49)60(51)54-34-46(28-30-52(54)59)62-66-56(42-13-5-2-6-14-42)36-58(68-62)44-25-21-40(22-26-44)48-16-10-32-64-38-48/h1-38,59-60H. The number of nitrogens with zero attached hydrogens (tertiary/aromatic N) is 6. The summed E-state index contributed by atoms with van der Waals surface area (Å²) in [6.45, 7) is 0. The summed E-state index contributed by atoms with van der Waals surface area (Å²) in [6.07, 6.45) is 7.39. The van der Waals surface area contributed by atoms with E-state index in [1.807, 2.05) is 36.7 Å². The van der Waals surface area contributed by atoms with Crippen molar-refractivity contribution >= 4 is 0 Å². The second kappa shape index (κ2) is 16.5. The normalized spacial score (nSPS) is 14.2. The minimum absolute atomic E-state index is 0.0393. The molecule has 14 rings (SSSR count). The van der Waals surface area contributed by atoms with Crippen LogP contribution in [0.1, 0.15) is 45.2 Å². The van der Waals surface area contributed by atoms with Gasteiger partial charge >= 0.3 is 0 Å². The van der Waals surface area contributed by atoms with E-state index in [1.54, 1.807) is 12.4 Å². The molecule has 0 radical (unpaired) electrons. The van der Waals surface area contributed by atoms with Crippen molar-refractivity contribution in [2.45, 2.75) is 11.8 Å². The first kappa shape index (κ1) is 39.4. The Morgan fingerprint density at radius 2 is 0.559 bits per heavy atom. The Morgan fingerprint density at radius 1 is 0.235 bits per heavy atom. The van der Waals surface area contributed by atoms with E-state index >= 15 is 0 Å². The molecule has 0 spiro atoms. The summed E-state index contributed by atoms with van der Waals surface area (Å²) in [5.41, 5.74) is 21.9. The van der Waals surface area contributed by atoms with Gasteiger partial charge in [0.15, 0.2) is 11.6 Å². The van der Waals surface area contributed by atoms with E-state index in [0.29, 0.717) is 11.6 Å². The third kappa shape index (κ3) is 6.98. The molecular weight excluding hydrogens is 829 g/mol. The van der Waals surface area contributed by atoms with E-state index in [4.69, 9.17) is 19.9 Å². The lowest BCUT2D eigenvalue weighted by Gasteiger charge is -2.42. The van der Waals surface area contributed by atoms with Gasteiger partial charge in [-0.2, -0.15) is 0 Å². The van der Waals surface area contributed by atoms with Gasteiger partial charge in [-0.25, -0.2) is 19.9 Å². The first-order chi connectivity index (χ1) is 33.7. The van der Waals surface area contributed by atoms with Crippen LogP contribution in [-0.2, 0) is 0 Å². The lowest BCUT2D eigenvalue weighted by atomic mass is 9.61. The molecule has 4 aromatic heterocycles. The maximum absolute atomic E-state index is 5.28. The molecule has 0 amide bonds. The summed E-state index contributed by atoms with van der Waals surface area (Å²) in [5.74, 6) is 1.47. The molecule has 0 saturated heterocycles. The molecule has 3 aliphatic carbocycles. The highest BCUT2D eigenvalue weighted by molar-refractivity contribution is 5.79. The number of aromatic nitrogens is 6. The molecule has 6 nitrogen and oxygen atoms in total. The monoisotopic (exact) mass is 868 g/mol. The first-order valence-corrected chi connectivity index (χ1v) is 23.0. The SMILES string of the molecule is c1ccc(-c2cc(-c3ccc(-c4cccnc4)cc3)nc(-c3ccc4c(c3)C3c5ccccc5C4c4cc(-c5nc(-c6ccccc6)cc(-c6ccc(-c7cccnc7)cc6)n5)ccc43)n2)cc1.